The van der Waals surface area contributed by atoms with Gasteiger partial charge in [0.15, 0.2) is 0 Å². The van der Waals surface area contributed by atoms with Crippen molar-refractivity contribution in [1.29, 1.82) is 0 Å². The van der Waals surface area contributed by atoms with Crippen LogP contribution in [0.2, 0.25) is 0 Å². The van der Waals surface area contributed by atoms with Crippen molar-refractivity contribution in [2.75, 3.05) is 31.6 Å². The minimum Gasteiger partial charge on any atom is -0.357 e. The molecule has 0 aromatic carbocycles. The van der Waals surface area contributed by atoms with E-state index in [1.807, 2.05) is 17.9 Å². The van der Waals surface area contributed by atoms with Gasteiger partial charge in [-0.05, 0) is 6.92 Å². The molecule has 1 amide bonds. The number of likely N-dealkylation sites (N-methyl/N-ethyl adjacent to an activating group) is 1. The maximum absolute atomic E-state index is 11.8. The molecular weight excluding hydrogens is 218 g/mol. The van der Waals surface area contributed by atoms with Crippen LogP contribution in [0.4, 0.5) is 5.82 Å². The predicted octanol–water partition coefficient (Wildman–Crippen LogP) is -0.691. The highest BCUT2D eigenvalue weighted by atomic mass is 16.2. The second-order valence-electron chi connectivity index (χ2n) is 4.05. The molecule has 1 aromatic heterocycles. The van der Waals surface area contributed by atoms with Crippen molar-refractivity contribution in [2.45, 2.75) is 13.0 Å². The summed E-state index contributed by atoms with van der Waals surface area (Å²) in [7, 11) is 1.65. The van der Waals surface area contributed by atoms with Crippen LogP contribution in [-0.4, -0.2) is 48.6 Å². The summed E-state index contributed by atoms with van der Waals surface area (Å²) in [6.07, 6.45) is 1.54. The Labute approximate surface area is 100 Å². The van der Waals surface area contributed by atoms with Gasteiger partial charge in [0.2, 0.25) is 5.91 Å². The molecule has 0 bridgehead atoms. The first kappa shape index (κ1) is 11.8. The van der Waals surface area contributed by atoms with Crippen LogP contribution in [0.3, 0.4) is 0 Å². The molecule has 0 aliphatic carbocycles. The molecule has 1 aromatic rings. The molecule has 0 saturated carbocycles. The van der Waals surface area contributed by atoms with Gasteiger partial charge in [0, 0.05) is 38.4 Å². The summed E-state index contributed by atoms with van der Waals surface area (Å²) >= 11 is 0. The van der Waals surface area contributed by atoms with E-state index >= 15 is 0 Å². The van der Waals surface area contributed by atoms with Crippen LogP contribution in [0.5, 0.6) is 0 Å². The number of amides is 1. The maximum Gasteiger partial charge on any atom is 0.243 e. The maximum atomic E-state index is 11.8. The van der Waals surface area contributed by atoms with E-state index in [1.165, 1.54) is 6.33 Å². The fraction of sp³-hybridized carbons (Fsp3) is 0.545. The van der Waals surface area contributed by atoms with Gasteiger partial charge in [-0.1, -0.05) is 0 Å². The highest BCUT2D eigenvalue weighted by Crippen LogP contribution is 2.15. The van der Waals surface area contributed by atoms with E-state index in [-0.39, 0.29) is 11.9 Å². The highest BCUT2D eigenvalue weighted by molar-refractivity contribution is 5.85. The lowest BCUT2D eigenvalue weighted by Crippen LogP contribution is -2.57. The molecular formula is C11H17N5O. The Kier molecular flexibility index (Phi) is 3.53. The van der Waals surface area contributed by atoms with Crippen molar-refractivity contribution in [3.8, 4) is 0 Å². The van der Waals surface area contributed by atoms with Gasteiger partial charge >= 0.3 is 0 Å². The SMILES string of the molecule is CNC(=O)C1CNCCN1c1cc(C)ncn1. The van der Waals surface area contributed by atoms with Crippen molar-refractivity contribution in [2.24, 2.45) is 0 Å². The van der Waals surface area contributed by atoms with Crippen LogP contribution >= 0.6 is 0 Å². The Morgan fingerprint density at radius 3 is 3.12 bits per heavy atom. The lowest BCUT2D eigenvalue weighted by molar-refractivity contribution is -0.122. The lowest BCUT2D eigenvalue weighted by atomic mass is 10.1. The van der Waals surface area contributed by atoms with Gasteiger partial charge < -0.3 is 15.5 Å². The number of carbonyl (C=O) groups is 1. The van der Waals surface area contributed by atoms with Gasteiger partial charge in [-0.15, -0.1) is 0 Å². The first-order chi connectivity index (χ1) is 8.22. The topological polar surface area (TPSA) is 70.2 Å². The highest BCUT2D eigenvalue weighted by Gasteiger charge is 2.28. The second-order valence-corrected chi connectivity index (χ2v) is 4.05. The number of hydrogen-bond donors (Lipinski definition) is 2. The molecule has 1 atom stereocenters. The zero-order chi connectivity index (χ0) is 12.3. The molecule has 6 heteroatoms. The fourth-order valence-corrected chi connectivity index (χ4v) is 1.98. The Hall–Kier alpha value is -1.69. The van der Waals surface area contributed by atoms with Crippen molar-refractivity contribution < 1.29 is 4.79 Å². The number of piperazine rings is 1. The number of carbonyl (C=O) groups excluding carboxylic acids is 1. The van der Waals surface area contributed by atoms with Crippen LogP contribution in [0.1, 0.15) is 5.69 Å². The van der Waals surface area contributed by atoms with Gasteiger partial charge in [-0.25, -0.2) is 9.97 Å². The molecule has 0 spiro atoms. The van der Waals surface area contributed by atoms with Crippen molar-refractivity contribution in [1.82, 2.24) is 20.6 Å². The summed E-state index contributed by atoms with van der Waals surface area (Å²) in [5.74, 6) is 0.820. The summed E-state index contributed by atoms with van der Waals surface area (Å²) < 4.78 is 0. The van der Waals surface area contributed by atoms with Gasteiger partial charge in [0.25, 0.3) is 0 Å². The standard InChI is InChI=1S/C11H17N5O/c1-8-5-10(15-7-14-8)16-4-3-13-6-9(16)11(17)12-2/h5,7,9,13H,3-4,6H2,1-2H3,(H,12,17). The molecule has 92 valence electrons. The van der Waals surface area contributed by atoms with E-state index in [0.717, 1.165) is 24.6 Å². The molecule has 2 N–H and O–H groups in total. The monoisotopic (exact) mass is 235 g/mol. The molecule has 1 unspecified atom stereocenters. The third-order valence-corrected chi connectivity index (χ3v) is 2.88. The van der Waals surface area contributed by atoms with Crippen molar-refractivity contribution >= 4 is 11.7 Å². The van der Waals surface area contributed by atoms with Crippen molar-refractivity contribution in [3.05, 3.63) is 18.1 Å². The molecule has 2 rings (SSSR count). The lowest BCUT2D eigenvalue weighted by Gasteiger charge is -2.35. The van der Waals surface area contributed by atoms with E-state index in [0.29, 0.717) is 6.54 Å². The number of nitrogens with one attached hydrogen (secondary N) is 2. The number of aryl methyl sites for hydroxylation is 1. The van der Waals surface area contributed by atoms with Crippen molar-refractivity contribution in [3.63, 3.8) is 0 Å². The van der Waals surface area contributed by atoms with E-state index in [2.05, 4.69) is 20.6 Å². The molecule has 0 radical (unpaired) electrons. The molecule has 1 saturated heterocycles. The predicted molar refractivity (Wildman–Crippen MR) is 64.8 cm³/mol. The third kappa shape index (κ3) is 2.52. The molecule has 1 aliphatic heterocycles. The van der Waals surface area contributed by atoms with Crippen LogP contribution in [-0.2, 0) is 4.79 Å². The summed E-state index contributed by atoms with van der Waals surface area (Å²) in [6, 6.07) is 1.70. The quantitative estimate of drug-likeness (QED) is 0.710. The first-order valence-electron chi connectivity index (χ1n) is 5.70. The van der Waals surface area contributed by atoms with Crippen LogP contribution < -0.4 is 15.5 Å². The summed E-state index contributed by atoms with van der Waals surface area (Å²) in [5.41, 5.74) is 0.907. The fourth-order valence-electron chi connectivity index (χ4n) is 1.98. The van der Waals surface area contributed by atoms with E-state index in [1.54, 1.807) is 7.05 Å². The van der Waals surface area contributed by atoms with E-state index in [4.69, 9.17) is 0 Å². The largest absolute Gasteiger partial charge is 0.357 e. The Balaban J connectivity index is 2.24. The average molecular weight is 235 g/mol. The minimum absolute atomic E-state index is 0.00784. The third-order valence-electron chi connectivity index (χ3n) is 2.88. The smallest absolute Gasteiger partial charge is 0.243 e. The summed E-state index contributed by atoms with van der Waals surface area (Å²) in [4.78, 5) is 22.1. The second kappa shape index (κ2) is 5.09. The molecule has 6 nitrogen and oxygen atoms in total. The zero-order valence-electron chi connectivity index (χ0n) is 10.1. The number of rotatable bonds is 2. The Morgan fingerprint density at radius 2 is 2.41 bits per heavy atom. The first-order valence-corrected chi connectivity index (χ1v) is 5.70. The van der Waals surface area contributed by atoms with E-state index < -0.39 is 0 Å². The minimum atomic E-state index is -0.206. The normalized spacial score (nSPS) is 20.1. The van der Waals surface area contributed by atoms with Crippen LogP contribution in [0, 0.1) is 6.92 Å². The molecule has 2 heterocycles. The number of anilines is 1. The van der Waals surface area contributed by atoms with Gasteiger partial charge in [0.1, 0.15) is 18.2 Å². The summed E-state index contributed by atoms with van der Waals surface area (Å²) in [5, 5.41) is 5.90. The Morgan fingerprint density at radius 1 is 1.59 bits per heavy atom. The number of aromatic nitrogens is 2. The van der Waals surface area contributed by atoms with E-state index in [9.17, 15) is 4.79 Å². The molecule has 17 heavy (non-hydrogen) atoms. The number of hydrogen-bond acceptors (Lipinski definition) is 5. The van der Waals surface area contributed by atoms with Gasteiger partial charge in [-0.2, -0.15) is 0 Å². The molecule has 1 aliphatic rings. The van der Waals surface area contributed by atoms with Crippen LogP contribution in [0.25, 0.3) is 0 Å². The molecule has 1 fully saturated rings. The number of nitrogens with zero attached hydrogens (tertiary/aromatic N) is 3. The van der Waals surface area contributed by atoms with Gasteiger partial charge in [0.05, 0.1) is 0 Å². The van der Waals surface area contributed by atoms with Crippen LogP contribution in [0.15, 0.2) is 12.4 Å². The van der Waals surface area contributed by atoms with Gasteiger partial charge in [-0.3, -0.25) is 4.79 Å². The zero-order valence-corrected chi connectivity index (χ0v) is 10.1. The average Bonchev–Trinajstić information content (AvgIpc) is 2.38. The summed E-state index contributed by atoms with van der Waals surface area (Å²) in [6.45, 7) is 4.19. The Bertz CT molecular complexity index is 409.